The highest BCUT2D eigenvalue weighted by molar-refractivity contribution is 5.03. The largest absolute Gasteiger partial charge is 0.394 e. The van der Waals surface area contributed by atoms with Gasteiger partial charge in [-0.2, -0.15) is 0 Å². The van der Waals surface area contributed by atoms with Gasteiger partial charge in [-0.25, -0.2) is 9.18 Å². The first-order valence-corrected chi connectivity index (χ1v) is 5.42. The summed E-state index contributed by atoms with van der Waals surface area (Å²) in [4.78, 5) is 24.8. The molecule has 1 fully saturated rings. The van der Waals surface area contributed by atoms with Crippen LogP contribution in [0.15, 0.2) is 15.8 Å². The van der Waals surface area contributed by atoms with Crippen molar-refractivity contribution in [2.45, 2.75) is 31.5 Å². The summed E-state index contributed by atoms with van der Waals surface area (Å²) in [6.45, 7) is -1.02. The number of halogens is 1. The lowest BCUT2D eigenvalue weighted by Gasteiger charge is -2.14. The van der Waals surface area contributed by atoms with Crippen molar-refractivity contribution in [3.63, 3.8) is 0 Å². The van der Waals surface area contributed by atoms with Crippen LogP contribution in [-0.2, 0) is 11.3 Å². The molecule has 2 heterocycles. The number of aromatic nitrogens is 2. The Balaban J connectivity index is 2.35. The van der Waals surface area contributed by atoms with E-state index < -0.39 is 43.0 Å². The second-order valence-corrected chi connectivity index (χ2v) is 4.04. The van der Waals surface area contributed by atoms with Gasteiger partial charge in [0.25, 0.3) is 5.56 Å². The second-order valence-electron chi connectivity index (χ2n) is 4.04. The van der Waals surface area contributed by atoms with Crippen LogP contribution in [0.5, 0.6) is 0 Å². The standard InChI is InChI=1S/C10H13FN2O5/c11-6-1-8(18-7(6)4-15)13-2-5(3-14)9(16)12-10(13)17/h2,6-8,14-15H,1,3-4H2,(H,12,16,17)/t6?,7-,8-/m0/s1. The minimum absolute atomic E-state index is 0.0129. The van der Waals surface area contributed by atoms with Crippen LogP contribution in [0, 0.1) is 0 Å². The van der Waals surface area contributed by atoms with Crippen molar-refractivity contribution in [1.29, 1.82) is 0 Å². The quantitative estimate of drug-likeness (QED) is 0.623. The first kappa shape index (κ1) is 12.9. The molecule has 18 heavy (non-hydrogen) atoms. The van der Waals surface area contributed by atoms with E-state index in [1.807, 2.05) is 4.98 Å². The summed E-state index contributed by atoms with van der Waals surface area (Å²) in [5.74, 6) is 0. The molecule has 1 unspecified atom stereocenters. The lowest BCUT2D eigenvalue weighted by atomic mass is 10.2. The fraction of sp³-hybridized carbons (Fsp3) is 0.600. The molecule has 100 valence electrons. The van der Waals surface area contributed by atoms with E-state index in [0.717, 1.165) is 10.8 Å². The summed E-state index contributed by atoms with van der Waals surface area (Å²) >= 11 is 0. The predicted molar refractivity (Wildman–Crippen MR) is 57.8 cm³/mol. The molecule has 0 aromatic carbocycles. The molecule has 1 saturated heterocycles. The highest BCUT2D eigenvalue weighted by Gasteiger charge is 2.36. The maximum Gasteiger partial charge on any atom is 0.330 e. The SMILES string of the molecule is O=c1[nH]c(=O)n([C@@H]2CC(F)[C@H](CO)O2)cc1CO. The minimum Gasteiger partial charge on any atom is -0.394 e. The summed E-state index contributed by atoms with van der Waals surface area (Å²) in [7, 11) is 0. The maximum absolute atomic E-state index is 13.4. The molecule has 0 radical (unpaired) electrons. The summed E-state index contributed by atoms with van der Waals surface area (Å²) in [6.07, 6.45) is -2.21. The molecule has 8 heteroatoms. The summed E-state index contributed by atoms with van der Waals surface area (Å²) in [6, 6.07) is 0. The van der Waals surface area contributed by atoms with Gasteiger partial charge in [-0.1, -0.05) is 0 Å². The smallest absolute Gasteiger partial charge is 0.330 e. The van der Waals surface area contributed by atoms with Crippen molar-refractivity contribution in [3.05, 3.63) is 32.6 Å². The zero-order chi connectivity index (χ0) is 13.3. The number of aliphatic hydroxyl groups excluding tert-OH is 2. The van der Waals surface area contributed by atoms with E-state index in [1.165, 1.54) is 0 Å². The summed E-state index contributed by atoms with van der Waals surface area (Å²) < 4.78 is 19.6. The normalized spacial score (nSPS) is 27.6. The van der Waals surface area contributed by atoms with Gasteiger partial charge in [0.05, 0.1) is 18.8 Å². The number of rotatable bonds is 3. The molecule has 1 aromatic rings. The van der Waals surface area contributed by atoms with Crippen molar-refractivity contribution in [2.24, 2.45) is 0 Å². The molecule has 7 nitrogen and oxygen atoms in total. The van der Waals surface area contributed by atoms with Crippen molar-refractivity contribution >= 4 is 0 Å². The molecule has 2 rings (SSSR count). The van der Waals surface area contributed by atoms with E-state index in [4.69, 9.17) is 14.9 Å². The Hall–Kier alpha value is -1.51. The van der Waals surface area contributed by atoms with Crippen LogP contribution in [0.1, 0.15) is 18.2 Å². The Morgan fingerprint density at radius 2 is 2.22 bits per heavy atom. The average Bonchev–Trinajstić information content (AvgIpc) is 2.70. The maximum atomic E-state index is 13.4. The van der Waals surface area contributed by atoms with E-state index in [9.17, 15) is 14.0 Å². The Kier molecular flexibility index (Phi) is 3.60. The third kappa shape index (κ3) is 2.22. The molecule has 0 bridgehead atoms. The molecule has 0 spiro atoms. The number of hydrogen-bond donors (Lipinski definition) is 3. The van der Waals surface area contributed by atoms with E-state index in [-0.39, 0.29) is 12.0 Å². The first-order valence-electron chi connectivity index (χ1n) is 5.42. The highest BCUT2D eigenvalue weighted by atomic mass is 19.1. The van der Waals surface area contributed by atoms with Crippen LogP contribution < -0.4 is 11.2 Å². The third-order valence-corrected chi connectivity index (χ3v) is 2.86. The molecular formula is C10H13FN2O5. The molecule has 1 aliphatic heterocycles. The number of nitrogens with one attached hydrogen (secondary N) is 1. The Morgan fingerprint density at radius 3 is 2.78 bits per heavy atom. The second kappa shape index (κ2) is 5.01. The van der Waals surface area contributed by atoms with E-state index in [1.54, 1.807) is 0 Å². The topological polar surface area (TPSA) is 105 Å². The zero-order valence-electron chi connectivity index (χ0n) is 9.38. The Bertz CT molecular complexity index is 540. The lowest BCUT2D eigenvalue weighted by Crippen LogP contribution is -2.34. The first-order chi connectivity index (χ1) is 8.56. The van der Waals surface area contributed by atoms with Crippen molar-refractivity contribution in [1.82, 2.24) is 9.55 Å². The third-order valence-electron chi connectivity index (χ3n) is 2.86. The molecule has 0 saturated carbocycles. The average molecular weight is 260 g/mol. The predicted octanol–water partition coefficient (Wildman–Crippen LogP) is -1.35. The molecule has 1 aromatic heterocycles. The van der Waals surface area contributed by atoms with Gasteiger partial charge in [0.2, 0.25) is 0 Å². The van der Waals surface area contributed by atoms with Gasteiger partial charge in [0.15, 0.2) is 0 Å². The number of nitrogens with zero attached hydrogens (tertiary/aromatic N) is 1. The van der Waals surface area contributed by atoms with Gasteiger partial charge >= 0.3 is 5.69 Å². The van der Waals surface area contributed by atoms with E-state index >= 15 is 0 Å². The van der Waals surface area contributed by atoms with Gasteiger partial charge < -0.3 is 14.9 Å². The number of alkyl halides is 1. The monoisotopic (exact) mass is 260 g/mol. The van der Waals surface area contributed by atoms with Gasteiger partial charge in [0, 0.05) is 12.6 Å². The fourth-order valence-corrected chi connectivity index (χ4v) is 1.88. The Morgan fingerprint density at radius 1 is 1.50 bits per heavy atom. The van der Waals surface area contributed by atoms with Gasteiger partial charge in [-0.05, 0) is 0 Å². The van der Waals surface area contributed by atoms with E-state index in [0.29, 0.717) is 0 Å². The van der Waals surface area contributed by atoms with Crippen LogP contribution >= 0.6 is 0 Å². The lowest BCUT2D eigenvalue weighted by molar-refractivity contribution is -0.0357. The highest BCUT2D eigenvalue weighted by Crippen LogP contribution is 2.29. The number of ether oxygens (including phenoxy) is 1. The van der Waals surface area contributed by atoms with Gasteiger partial charge in [-0.15, -0.1) is 0 Å². The van der Waals surface area contributed by atoms with Gasteiger partial charge in [-0.3, -0.25) is 14.3 Å². The Labute approximate surface area is 100 Å². The molecule has 3 atom stereocenters. The van der Waals surface area contributed by atoms with Crippen LogP contribution in [0.25, 0.3) is 0 Å². The van der Waals surface area contributed by atoms with Crippen molar-refractivity contribution in [2.75, 3.05) is 6.61 Å². The molecule has 0 amide bonds. The fourth-order valence-electron chi connectivity index (χ4n) is 1.88. The van der Waals surface area contributed by atoms with Crippen LogP contribution in [0.4, 0.5) is 4.39 Å². The molecule has 1 aliphatic rings. The number of H-pyrrole nitrogens is 1. The van der Waals surface area contributed by atoms with Gasteiger partial charge in [0.1, 0.15) is 18.5 Å². The van der Waals surface area contributed by atoms with Crippen LogP contribution in [0.2, 0.25) is 0 Å². The van der Waals surface area contributed by atoms with Crippen molar-refractivity contribution < 1.29 is 19.3 Å². The molecular weight excluding hydrogens is 247 g/mol. The number of aliphatic hydroxyl groups is 2. The number of hydrogen-bond acceptors (Lipinski definition) is 5. The van der Waals surface area contributed by atoms with Crippen LogP contribution in [0.3, 0.4) is 0 Å². The zero-order valence-corrected chi connectivity index (χ0v) is 9.38. The number of aromatic amines is 1. The van der Waals surface area contributed by atoms with Crippen molar-refractivity contribution in [3.8, 4) is 0 Å². The minimum atomic E-state index is -1.38. The van der Waals surface area contributed by atoms with Crippen LogP contribution in [-0.4, -0.2) is 38.6 Å². The summed E-state index contributed by atoms with van der Waals surface area (Å²) in [5, 5.41) is 17.8. The van der Waals surface area contributed by atoms with E-state index in [2.05, 4.69) is 0 Å². The molecule has 3 N–H and O–H groups in total. The molecule has 0 aliphatic carbocycles. The summed E-state index contributed by atoms with van der Waals surface area (Å²) in [5.41, 5.74) is -1.44.